The van der Waals surface area contributed by atoms with Crippen LogP contribution in [0.4, 0.5) is 0 Å². The molecule has 0 aromatic heterocycles. The third-order valence-corrected chi connectivity index (χ3v) is 4.97. The molecule has 0 aromatic rings. The van der Waals surface area contributed by atoms with Gasteiger partial charge < -0.3 is 0 Å². The van der Waals surface area contributed by atoms with Gasteiger partial charge in [-0.15, -0.1) is 6.58 Å². The minimum absolute atomic E-state index is 0.572. The normalized spacial score (nSPS) is 38.6. The Labute approximate surface area is 106 Å². The molecule has 96 valence electrons. The van der Waals surface area contributed by atoms with Crippen LogP contribution in [-0.2, 0) is 0 Å². The number of nitrogens with zero attached hydrogens (tertiary/aromatic N) is 1. The van der Waals surface area contributed by atoms with Crippen molar-refractivity contribution in [2.75, 3.05) is 0 Å². The van der Waals surface area contributed by atoms with Gasteiger partial charge in [0, 0.05) is 6.04 Å². The molecule has 0 unspecified atom stereocenters. The number of rotatable bonds is 4. The molecule has 0 aliphatic heterocycles. The third kappa shape index (κ3) is 3.69. The van der Waals surface area contributed by atoms with Crippen LogP contribution < -0.4 is 0 Å². The average molecular weight is 233 g/mol. The predicted molar refractivity (Wildman–Crippen MR) is 75.6 cm³/mol. The van der Waals surface area contributed by atoms with E-state index in [1.165, 1.54) is 57.8 Å². The average Bonchev–Trinajstić information content (AvgIpc) is 2.40. The van der Waals surface area contributed by atoms with E-state index in [0.29, 0.717) is 6.04 Å². The molecule has 2 aliphatic carbocycles. The molecule has 0 bridgehead atoms. The molecular formula is C16H27N. The summed E-state index contributed by atoms with van der Waals surface area (Å²) < 4.78 is 0. The van der Waals surface area contributed by atoms with E-state index in [4.69, 9.17) is 0 Å². The Morgan fingerprint density at radius 3 is 1.88 bits per heavy atom. The fraction of sp³-hybridized carbons (Fsp3) is 0.812. The second-order valence-electron chi connectivity index (χ2n) is 6.11. The molecule has 0 atom stereocenters. The summed E-state index contributed by atoms with van der Waals surface area (Å²) in [5.74, 6) is 2.80. The number of hydrogen-bond acceptors (Lipinski definition) is 1. The van der Waals surface area contributed by atoms with Gasteiger partial charge in [-0.3, -0.25) is 4.99 Å². The standard InChI is InChI=1S/C16H27N/c1-3-13-4-6-14(7-5-13)12-15-8-10-16(17-2)11-9-15/h3,13-16H,1-2,4-12H2. The quantitative estimate of drug-likeness (QED) is 0.496. The molecule has 0 aromatic carbocycles. The van der Waals surface area contributed by atoms with Crippen molar-refractivity contribution in [1.82, 2.24) is 0 Å². The minimum atomic E-state index is 0.572. The van der Waals surface area contributed by atoms with Crippen LogP contribution in [0.2, 0.25) is 0 Å². The van der Waals surface area contributed by atoms with E-state index >= 15 is 0 Å². The highest BCUT2D eigenvalue weighted by Crippen LogP contribution is 2.37. The first-order chi connectivity index (χ1) is 8.31. The van der Waals surface area contributed by atoms with E-state index in [0.717, 1.165) is 17.8 Å². The lowest BCUT2D eigenvalue weighted by atomic mass is 9.74. The first-order valence-corrected chi connectivity index (χ1v) is 7.40. The van der Waals surface area contributed by atoms with Crippen molar-refractivity contribution >= 4 is 6.72 Å². The van der Waals surface area contributed by atoms with Crippen molar-refractivity contribution in [2.45, 2.75) is 63.8 Å². The molecule has 0 N–H and O–H groups in total. The summed E-state index contributed by atoms with van der Waals surface area (Å²) in [6.45, 7) is 7.61. The van der Waals surface area contributed by atoms with Crippen molar-refractivity contribution in [2.24, 2.45) is 22.7 Å². The smallest absolute Gasteiger partial charge is 0.0492 e. The lowest BCUT2D eigenvalue weighted by Crippen LogP contribution is -2.21. The van der Waals surface area contributed by atoms with Crippen molar-refractivity contribution < 1.29 is 0 Å². The molecule has 0 heterocycles. The van der Waals surface area contributed by atoms with Crippen molar-refractivity contribution in [3.63, 3.8) is 0 Å². The summed E-state index contributed by atoms with van der Waals surface area (Å²) in [4.78, 5) is 4.19. The van der Waals surface area contributed by atoms with Gasteiger partial charge in [-0.05, 0) is 82.3 Å². The third-order valence-electron chi connectivity index (χ3n) is 4.97. The van der Waals surface area contributed by atoms with Gasteiger partial charge in [-0.2, -0.15) is 0 Å². The molecule has 17 heavy (non-hydrogen) atoms. The maximum absolute atomic E-state index is 4.19. The molecule has 0 spiro atoms. The predicted octanol–water partition coefficient (Wildman–Crippen LogP) is 4.63. The second-order valence-corrected chi connectivity index (χ2v) is 6.11. The van der Waals surface area contributed by atoms with Crippen LogP contribution >= 0.6 is 0 Å². The Balaban J connectivity index is 1.68. The zero-order chi connectivity index (χ0) is 12.1. The molecule has 2 saturated carbocycles. The lowest BCUT2D eigenvalue weighted by Gasteiger charge is -2.32. The van der Waals surface area contributed by atoms with Gasteiger partial charge in [-0.1, -0.05) is 6.08 Å². The molecular weight excluding hydrogens is 206 g/mol. The highest BCUT2D eigenvalue weighted by Gasteiger charge is 2.25. The Morgan fingerprint density at radius 1 is 0.882 bits per heavy atom. The zero-order valence-corrected chi connectivity index (χ0v) is 11.1. The van der Waals surface area contributed by atoms with Gasteiger partial charge in [0.2, 0.25) is 0 Å². The summed E-state index contributed by atoms with van der Waals surface area (Å²) in [6.07, 6.45) is 14.7. The van der Waals surface area contributed by atoms with E-state index in [9.17, 15) is 0 Å². The van der Waals surface area contributed by atoms with Crippen LogP contribution in [0.25, 0.3) is 0 Å². The first-order valence-electron chi connectivity index (χ1n) is 7.40. The number of allylic oxidation sites excluding steroid dienone is 1. The number of aliphatic imine (C=N–C) groups is 1. The summed E-state index contributed by atoms with van der Waals surface area (Å²) in [5, 5.41) is 0. The van der Waals surface area contributed by atoms with E-state index in [1.807, 2.05) is 0 Å². The zero-order valence-electron chi connectivity index (χ0n) is 11.1. The molecule has 2 rings (SSSR count). The van der Waals surface area contributed by atoms with Crippen LogP contribution in [-0.4, -0.2) is 12.8 Å². The van der Waals surface area contributed by atoms with Gasteiger partial charge in [-0.25, -0.2) is 0 Å². The Kier molecular flexibility index (Phi) is 4.82. The summed E-state index contributed by atoms with van der Waals surface area (Å²) in [6, 6.07) is 0.572. The van der Waals surface area contributed by atoms with Gasteiger partial charge in [0.15, 0.2) is 0 Å². The van der Waals surface area contributed by atoms with Gasteiger partial charge >= 0.3 is 0 Å². The monoisotopic (exact) mass is 233 g/mol. The lowest BCUT2D eigenvalue weighted by molar-refractivity contribution is 0.220. The topological polar surface area (TPSA) is 12.4 Å². The van der Waals surface area contributed by atoms with Gasteiger partial charge in [0.05, 0.1) is 0 Å². The molecule has 0 radical (unpaired) electrons. The highest BCUT2D eigenvalue weighted by atomic mass is 14.7. The molecule has 2 aliphatic rings. The maximum atomic E-state index is 4.19. The van der Waals surface area contributed by atoms with Crippen LogP contribution in [0.15, 0.2) is 17.6 Å². The molecule has 1 heteroatoms. The van der Waals surface area contributed by atoms with E-state index < -0.39 is 0 Å². The fourth-order valence-corrected chi connectivity index (χ4v) is 3.69. The largest absolute Gasteiger partial charge is 0.298 e. The van der Waals surface area contributed by atoms with Crippen molar-refractivity contribution in [3.05, 3.63) is 12.7 Å². The van der Waals surface area contributed by atoms with Crippen LogP contribution in [0.3, 0.4) is 0 Å². The molecule has 1 nitrogen and oxygen atoms in total. The summed E-state index contributed by atoms with van der Waals surface area (Å²) in [7, 11) is 0. The Bertz CT molecular complexity index is 216. The SMILES string of the molecule is C=CC1CCC(CC2CCC(N=C)CC2)CC1. The van der Waals surface area contributed by atoms with Gasteiger partial charge in [0.1, 0.15) is 0 Å². The van der Waals surface area contributed by atoms with Crippen molar-refractivity contribution in [3.8, 4) is 0 Å². The molecule has 2 fully saturated rings. The van der Waals surface area contributed by atoms with E-state index in [-0.39, 0.29) is 0 Å². The highest BCUT2D eigenvalue weighted by molar-refractivity contribution is 5.24. The van der Waals surface area contributed by atoms with Crippen LogP contribution in [0.5, 0.6) is 0 Å². The minimum Gasteiger partial charge on any atom is -0.298 e. The maximum Gasteiger partial charge on any atom is 0.0492 e. The van der Waals surface area contributed by atoms with Gasteiger partial charge in [0.25, 0.3) is 0 Å². The molecule has 0 amide bonds. The summed E-state index contributed by atoms with van der Waals surface area (Å²) in [5.41, 5.74) is 0. The number of hydrogen-bond donors (Lipinski definition) is 0. The second kappa shape index (κ2) is 6.37. The fourth-order valence-electron chi connectivity index (χ4n) is 3.69. The van der Waals surface area contributed by atoms with Crippen LogP contribution in [0, 0.1) is 17.8 Å². The van der Waals surface area contributed by atoms with Crippen LogP contribution in [0.1, 0.15) is 57.8 Å². The van der Waals surface area contributed by atoms with E-state index in [2.05, 4.69) is 24.4 Å². The molecule has 0 saturated heterocycles. The van der Waals surface area contributed by atoms with Crippen molar-refractivity contribution in [1.29, 1.82) is 0 Å². The Hall–Kier alpha value is -0.590. The summed E-state index contributed by atoms with van der Waals surface area (Å²) >= 11 is 0. The first kappa shape index (κ1) is 12.9. The Morgan fingerprint density at radius 2 is 1.41 bits per heavy atom. The van der Waals surface area contributed by atoms with E-state index in [1.54, 1.807) is 0 Å².